The molecule has 0 radical (unpaired) electrons. The number of methoxy groups -OCH3 is 2. The molecule has 0 aliphatic rings. The van der Waals surface area contributed by atoms with Crippen LogP contribution in [0, 0.1) is 0 Å². The number of nitrogens with zero attached hydrogens (tertiary/aromatic N) is 1. The maximum Gasteiger partial charge on any atom is 0.345 e. The van der Waals surface area contributed by atoms with Gasteiger partial charge in [-0.3, -0.25) is 9.36 Å². The Kier molecular flexibility index (Phi) is 4.87. The molecule has 3 rings (SSSR count). The summed E-state index contributed by atoms with van der Waals surface area (Å²) in [4.78, 5) is 25.3. The number of aromatic nitrogens is 1. The zero-order valence-corrected chi connectivity index (χ0v) is 15.2. The molecule has 7 heteroatoms. The van der Waals surface area contributed by atoms with Crippen LogP contribution in [-0.4, -0.2) is 29.9 Å². The second kappa shape index (κ2) is 7.13. The van der Waals surface area contributed by atoms with Gasteiger partial charge in [0, 0.05) is 17.1 Å². The van der Waals surface area contributed by atoms with Gasteiger partial charge in [0.1, 0.15) is 11.3 Å². The molecule has 0 fully saturated rings. The summed E-state index contributed by atoms with van der Waals surface area (Å²) in [7, 11) is 2.72. The van der Waals surface area contributed by atoms with E-state index in [1.807, 2.05) is 0 Å². The molecule has 2 aromatic carbocycles. The Morgan fingerprint density at radius 1 is 1.15 bits per heavy atom. The number of hydrogen-bond acceptors (Lipinski definition) is 6. The number of carbonyl (C=O) groups is 1. The Bertz CT molecular complexity index is 1070. The van der Waals surface area contributed by atoms with Crippen LogP contribution in [0.5, 0.6) is 5.75 Å². The average molecular weight is 368 g/mol. The predicted molar refractivity (Wildman–Crippen MR) is 102 cm³/mol. The average Bonchev–Trinajstić information content (AvgIpc) is 2.67. The highest BCUT2D eigenvalue weighted by molar-refractivity contribution is 6.04. The van der Waals surface area contributed by atoms with Crippen LogP contribution < -0.4 is 16.0 Å². The van der Waals surface area contributed by atoms with Crippen molar-refractivity contribution < 1.29 is 19.4 Å². The number of nitrogens with two attached hydrogens (primary N) is 1. The molecule has 0 bridgehead atoms. The fourth-order valence-electron chi connectivity index (χ4n) is 2.98. The number of anilines is 1. The monoisotopic (exact) mass is 368 g/mol. The van der Waals surface area contributed by atoms with Gasteiger partial charge in [-0.25, -0.2) is 4.79 Å². The van der Waals surface area contributed by atoms with E-state index < -0.39 is 17.6 Å². The molecule has 3 N–H and O–H groups in total. The molecule has 0 saturated carbocycles. The minimum Gasteiger partial charge on any atom is -0.497 e. The number of pyridine rings is 1. The molecule has 0 saturated heterocycles. The standard InChI is InChI=1S/C20H20N2O5/c1-11(23)12-4-6-13(7-5-12)22-16-10-14(26-2)8-9-15(16)18(21)17(19(22)24)20(25)27-3/h4-11,23H,21H2,1-3H3. The Hall–Kier alpha value is -3.32. The molecule has 1 unspecified atom stereocenters. The Labute approximate surface area is 155 Å². The van der Waals surface area contributed by atoms with Crippen molar-refractivity contribution in [3.63, 3.8) is 0 Å². The van der Waals surface area contributed by atoms with Crippen molar-refractivity contribution >= 4 is 22.6 Å². The van der Waals surface area contributed by atoms with Gasteiger partial charge in [0.05, 0.1) is 31.5 Å². The molecule has 0 spiro atoms. The normalized spacial score (nSPS) is 12.0. The lowest BCUT2D eigenvalue weighted by molar-refractivity contribution is 0.0600. The molecule has 3 aromatic rings. The summed E-state index contributed by atoms with van der Waals surface area (Å²) in [6, 6.07) is 11.9. The number of esters is 1. The number of aliphatic hydroxyl groups is 1. The Morgan fingerprint density at radius 2 is 1.81 bits per heavy atom. The van der Waals surface area contributed by atoms with E-state index in [0.717, 1.165) is 0 Å². The summed E-state index contributed by atoms with van der Waals surface area (Å²) in [6.07, 6.45) is -0.635. The first kappa shape index (κ1) is 18.5. The maximum absolute atomic E-state index is 13.1. The van der Waals surface area contributed by atoms with Crippen LogP contribution >= 0.6 is 0 Å². The zero-order valence-electron chi connectivity index (χ0n) is 15.2. The van der Waals surface area contributed by atoms with Crippen LogP contribution in [0.2, 0.25) is 0 Å². The van der Waals surface area contributed by atoms with Gasteiger partial charge < -0.3 is 20.3 Å². The van der Waals surface area contributed by atoms with Gasteiger partial charge >= 0.3 is 5.97 Å². The lowest BCUT2D eigenvalue weighted by atomic mass is 10.1. The fraction of sp³-hybridized carbons (Fsp3) is 0.200. The van der Waals surface area contributed by atoms with E-state index in [0.29, 0.717) is 27.9 Å². The van der Waals surface area contributed by atoms with Crippen LogP contribution in [-0.2, 0) is 4.74 Å². The summed E-state index contributed by atoms with van der Waals surface area (Å²) >= 11 is 0. The van der Waals surface area contributed by atoms with Gasteiger partial charge in [0.2, 0.25) is 0 Å². The lowest BCUT2D eigenvalue weighted by Crippen LogP contribution is -2.28. The van der Waals surface area contributed by atoms with Gasteiger partial charge in [0.25, 0.3) is 5.56 Å². The predicted octanol–water partition coefficient (Wildman–Crippen LogP) is 2.42. The number of rotatable bonds is 4. The van der Waals surface area contributed by atoms with E-state index in [4.69, 9.17) is 15.2 Å². The second-order valence-corrected chi connectivity index (χ2v) is 6.07. The first-order valence-corrected chi connectivity index (χ1v) is 8.28. The molecular weight excluding hydrogens is 348 g/mol. The van der Waals surface area contributed by atoms with E-state index in [9.17, 15) is 14.7 Å². The molecule has 1 heterocycles. The molecule has 0 amide bonds. The highest BCUT2D eigenvalue weighted by atomic mass is 16.5. The number of benzene rings is 2. The van der Waals surface area contributed by atoms with Gasteiger partial charge in [-0.1, -0.05) is 12.1 Å². The van der Waals surface area contributed by atoms with Crippen LogP contribution in [0.15, 0.2) is 47.3 Å². The summed E-state index contributed by atoms with van der Waals surface area (Å²) in [5, 5.41) is 10.2. The van der Waals surface area contributed by atoms with Gasteiger partial charge in [-0.05, 0) is 36.8 Å². The van der Waals surface area contributed by atoms with Crippen LogP contribution in [0.3, 0.4) is 0 Å². The van der Waals surface area contributed by atoms with Crippen molar-refractivity contribution in [2.24, 2.45) is 0 Å². The molecular formula is C20H20N2O5. The van der Waals surface area contributed by atoms with Crippen molar-refractivity contribution in [2.75, 3.05) is 20.0 Å². The molecule has 1 atom stereocenters. The number of fused-ring (bicyclic) bond motifs is 1. The van der Waals surface area contributed by atoms with Crippen LogP contribution in [0.4, 0.5) is 5.69 Å². The topological polar surface area (TPSA) is 104 Å². The molecule has 7 nitrogen and oxygen atoms in total. The number of nitrogen functional groups attached to an aromatic ring is 1. The van der Waals surface area contributed by atoms with Gasteiger partial charge in [0.15, 0.2) is 0 Å². The fourth-order valence-corrected chi connectivity index (χ4v) is 2.98. The first-order valence-electron chi connectivity index (χ1n) is 8.28. The zero-order chi connectivity index (χ0) is 19.7. The summed E-state index contributed by atoms with van der Waals surface area (Å²) in [5.41, 5.74) is 7.07. The van der Waals surface area contributed by atoms with Gasteiger partial charge in [-0.2, -0.15) is 0 Å². The quantitative estimate of drug-likeness (QED) is 0.686. The second-order valence-electron chi connectivity index (χ2n) is 6.07. The Morgan fingerprint density at radius 3 is 2.37 bits per heavy atom. The molecule has 0 aliphatic carbocycles. The van der Waals surface area contributed by atoms with E-state index in [-0.39, 0.29) is 11.3 Å². The van der Waals surface area contributed by atoms with E-state index >= 15 is 0 Å². The van der Waals surface area contributed by atoms with E-state index in [1.165, 1.54) is 18.8 Å². The number of hydrogen-bond donors (Lipinski definition) is 2. The van der Waals surface area contributed by atoms with Crippen molar-refractivity contribution in [2.45, 2.75) is 13.0 Å². The Balaban J connectivity index is 2.41. The third-order valence-electron chi connectivity index (χ3n) is 4.45. The first-order chi connectivity index (χ1) is 12.9. The third kappa shape index (κ3) is 3.13. The van der Waals surface area contributed by atoms with Crippen molar-refractivity contribution in [3.8, 4) is 11.4 Å². The largest absolute Gasteiger partial charge is 0.497 e. The maximum atomic E-state index is 13.1. The van der Waals surface area contributed by atoms with Crippen molar-refractivity contribution in [1.82, 2.24) is 4.57 Å². The minimum atomic E-state index is -0.801. The SMILES string of the molecule is COC(=O)c1c(N)c2ccc(OC)cc2n(-c2ccc(C(C)O)cc2)c1=O. The molecule has 140 valence electrons. The summed E-state index contributed by atoms with van der Waals surface area (Å²) in [6.45, 7) is 1.65. The van der Waals surface area contributed by atoms with Crippen LogP contribution in [0.1, 0.15) is 28.9 Å². The summed E-state index contributed by atoms with van der Waals surface area (Å²) < 4.78 is 11.4. The number of carbonyl (C=O) groups excluding carboxylic acids is 1. The van der Waals surface area contributed by atoms with E-state index in [1.54, 1.807) is 49.4 Å². The highest BCUT2D eigenvalue weighted by Gasteiger charge is 2.22. The van der Waals surface area contributed by atoms with Crippen LogP contribution in [0.25, 0.3) is 16.6 Å². The van der Waals surface area contributed by atoms with Crippen molar-refractivity contribution in [3.05, 3.63) is 63.9 Å². The number of ether oxygens (including phenoxy) is 2. The molecule has 0 aliphatic heterocycles. The highest BCUT2D eigenvalue weighted by Crippen LogP contribution is 2.29. The van der Waals surface area contributed by atoms with Crippen molar-refractivity contribution in [1.29, 1.82) is 0 Å². The smallest absolute Gasteiger partial charge is 0.345 e. The molecule has 1 aromatic heterocycles. The number of aliphatic hydroxyl groups excluding tert-OH is 1. The molecule has 27 heavy (non-hydrogen) atoms. The summed E-state index contributed by atoms with van der Waals surface area (Å²) in [5.74, 6) is -0.258. The van der Waals surface area contributed by atoms with E-state index in [2.05, 4.69) is 0 Å². The lowest BCUT2D eigenvalue weighted by Gasteiger charge is -2.16. The minimum absolute atomic E-state index is 0.0568. The van der Waals surface area contributed by atoms with Gasteiger partial charge in [-0.15, -0.1) is 0 Å². The third-order valence-corrected chi connectivity index (χ3v) is 4.45.